The van der Waals surface area contributed by atoms with Crippen LogP contribution >= 0.6 is 0 Å². The Balaban J connectivity index is 2.60. The second-order valence-corrected chi connectivity index (χ2v) is 2.59. The second-order valence-electron chi connectivity index (χ2n) is 2.59. The fourth-order valence-electron chi connectivity index (χ4n) is 0.940. The Morgan fingerprint density at radius 3 is 2.62 bits per heavy atom. The quantitative estimate of drug-likeness (QED) is 0.432. The molecule has 0 aliphatic rings. The highest BCUT2D eigenvalue weighted by Crippen LogP contribution is 2.02. The predicted molar refractivity (Wildman–Crippen MR) is 49.0 cm³/mol. The van der Waals surface area contributed by atoms with E-state index in [1.807, 2.05) is 30.3 Å². The van der Waals surface area contributed by atoms with E-state index in [2.05, 4.69) is 6.58 Å². The molecule has 0 radical (unpaired) electrons. The summed E-state index contributed by atoms with van der Waals surface area (Å²) in [5.74, 6) is -0.496. The first-order valence-electron chi connectivity index (χ1n) is 3.91. The topological polar surface area (TPSA) is 40.5 Å². The van der Waals surface area contributed by atoms with Crippen LogP contribution in [0.4, 0.5) is 0 Å². The van der Waals surface area contributed by atoms with E-state index in [9.17, 15) is 10.0 Å². The van der Waals surface area contributed by atoms with Gasteiger partial charge in [-0.05, 0) is 11.6 Å². The molecule has 0 saturated heterocycles. The Kier molecular flexibility index (Phi) is 3.23. The van der Waals surface area contributed by atoms with Gasteiger partial charge in [-0.2, -0.15) is 0 Å². The first-order chi connectivity index (χ1) is 6.24. The summed E-state index contributed by atoms with van der Waals surface area (Å²) in [5, 5.41) is 9.81. The zero-order chi connectivity index (χ0) is 9.68. The normalized spacial score (nSPS) is 9.31. The van der Waals surface area contributed by atoms with Gasteiger partial charge in [0.2, 0.25) is 0 Å². The number of carbonyl (C=O) groups is 1. The maximum atomic E-state index is 10.9. The Morgan fingerprint density at radius 1 is 1.46 bits per heavy atom. The maximum Gasteiger partial charge on any atom is 0.269 e. The van der Waals surface area contributed by atoms with Crippen LogP contribution in [0.25, 0.3) is 0 Å². The van der Waals surface area contributed by atoms with E-state index in [0.717, 1.165) is 11.6 Å². The minimum absolute atomic E-state index is 0.186. The molecule has 1 rings (SSSR count). The lowest BCUT2D eigenvalue weighted by Gasteiger charge is -2.11. The monoisotopic (exact) mass is 177 g/mol. The molecule has 0 atom stereocenters. The molecule has 3 nitrogen and oxygen atoms in total. The van der Waals surface area contributed by atoms with Crippen molar-refractivity contribution in [3.05, 3.63) is 48.6 Å². The van der Waals surface area contributed by atoms with Crippen molar-refractivity contribution in [3.63, 3.8) is 0 Å². The Hall–Kier alpha value is -1.61. The molecule has 0 spiro atoms. The molecule has 0 bridgehead atoms. The van der Waals surface area contributed by atoms with Crippen LogP contribution in [0.2, 0.25) is 0 Å². The van der Waals surface area contributed by atoms with Gasteiger partial charge in [-0.15, -0.1) is 0 Å². The van der Waals surface area contributed by atoms with Crippen LogP contribution in [0, 0.1) is 0 Å². The van der Waals surface area contributed by atoms with E-state index < -0.39 is 5.91 Å². The standard InChI is InChI=1S/C10H11NO2/c1-2-10(12)11(13)8-9-6-4-3-5-7-9/h2-7,13H,1,8H2. The lowest BCUT2D eigenvalue weighted by molar-refractivity contribution is -0.161. The fourth-order valence-corrected chi connectivity index (χ4v) is 0.940. The second kappa shape index (κ2) is 4.42. The Bertz CT molecular complexity index is 295. The molecule has 3 heteroatoms. The molecule has 68 valence electrons. The van der Waals surface area contributed by atoms with Crippen LogP contribution in [0.3, 0.4) is 0 Å². The van der Waals surface area contributed by atoms with Crippen LogP contribution in [0.1, 0.15) is 5.56 Å². The average molecular weight is 177 g/mol. The van der Waals surface area contributed by atoms with Gasteiger partial charge in [0.15, 0.2) is 0 Å². The molecule has 0 fully saturated rings. The van der Waals surface area contributed by atoms with Gasteiger partial charge in [0.25, 0.3) is 5.91 Å². The van der Waals surface area contributed by atoms with Gasteiger partial charge in [0.1, 0.15) is 0 Å². The van der Waals surface area contributed by atoms with Crippen molar-refractivity contribution < 1.29 is 10.0 Å². The number of hydroxylamine groups is 2. The summed E-state index contributed by atoms with van der Waals surface area (Å²) in [4.78, 5) is 10.9. The van der Waals surface area contributed by atoms with Gasteiger partial charge in [0, 0.05) is 0 Å². The lowest BCUT2D eigenvalue weighted by atomic mass is 10.2. The summed E-state index contributed by atoms with van der Waals surface area (Å²) in [6.07, 6.45) is 1.07. The van der Waals surface area contributed by atoms with Crippen molar-refractivity contribution in [2.24, 2.45) is 0 Å². The van der Waals surface area contributed by atoms with Crippen LogP contribution in [0.5, 0.6) is 0 Å². The van der Waals surface area contributed by atoms with Gasteiger partial charge in [-0.1, -0.05) is 36.9 Å². The highest BCUT2D eigenvalue weighted by atomic mass is 16.5. The summed E-state index contributed by atoms with van der Waals surface area (Å²) in [6.45, 7) is 3.46. The van der Waals surface area contributed by atoms with E-state index in [-0.39, 0.29) is 6.54 Å². The molecule has 1 aromatic rings. The third-order valence-electron chi connectivity index (χ3n) is 1.60. The number of carbonyl (C=O) groups excluding carboxylic acids is 1. The van der Waals surface area contributed by atoms with Crippen molar-refractivity contribution in [1.29, 1.82) is 0 Å². The number of rotatable bonds is 3. The summed E-state index contributed by atoms with van der Waals surface area (Å²) in [7, 11) is 0. The smallest absolute Gasteiger partial charge is 0.269 e. The van der Waals surface area contributed by atoms with Gasteiger partial charge in [-0.25, -0.2) is 5.06 Å². The molecule has 1 amide bonds. The third kappa shape index (κ3) is 2.72. The zero-order valence-corrected chi connectivity index (χ0v) is 7.18. The van der Waals surface area contributed by atoms with Crippen LogP contribution in [-0.2, 0) is 11.3 Å². The summed E-state index contributed by atoms with van der Waals surface area (Å²) in [5.41, 5.74) is 0.875. The van der Waals surface area contributed by atoms with E-state index in [1.54, 1.807) is 0 Å². The van der Waals surface area contributed by atoms with Crippen LogP contribution < -0.4 is 0 Å². The molecule has 0 aromatic heterocycles. The highest BCUT2D eigenvalue weighted by Gasteiger charge is 2.05. The molecule has 0 heterocycles. The Labute approximate surface area is 76.9 Å². The van der Waals surface area contributed by atoms with Gasteiger partial charge < -0.3 is 0 Å². The third-order valence-corrected chi connectivity index (χ3v) is 1.60. The van der Waals surface area contributed by atoms with E-state index in [0.29, 0.717) is 5.06 Å². The number of nitrogens with zero attached hydrogens (tertiary/aromatic N) is 1. The molecule has 0 saturated carbocycles. The van der Waals surface area contributed by atoms with Gasteiger partial charge in [0.05, 0.1) is 6.54 Å². The average Bonchev–Trinajstić information content (AvgIpc) is 2.18. The number of hydrogen-bond acceptors (Lipinski definition) is 2. The van der Waals surface area contributed by atoms with Crippen molar-refractivity contribution >= 4 is 5.91 Å². The molecule has 1 aromatic carbocycles. The summed E-state index contributed by atoms with van der Waals surface area (Å²) < 4.78 is 0. The van der Waals surface area contributed by atoms with Crippen molar-refractivity contribution in [1.82, 2.24) is 5.06 Å². The fraction of sp³-hybridized carbons (Fsp3) is 0.100. The van der Waals surface area contributed by atoms with Crippen molar-refractivity contribution in [2.75, 3.05) is 0 Å². The lowest BCUT2D eigenvalue weighted by Crippen LogP contribution is -2.24. The molecule has 13 heavy (non-hydrogen) atoms. The highest BCUT2D eigenvalue weighted by molar-refractivity contribution is 5.85. The van der Waals surface area contributed by atoms with E-state index in [4.69, 9.17) is 0 Å². The maximum absolute atomic E-state index is 10.9. The van der Waals surface area contributed by atoms with E-state index >= 15 is 0 Å². The summed E-state index contributed by atoms with van der Waals surface area (Å²) in [6, 6.07) is 9.24. The van der Waals surface area contributed by atoms with Gasteiger partial charge in [-0.3, -0.25) is 10.0 Å². The largest absolute Gasteiger partial charge is 0.285 e. The molecular weight excluding hydrogens is 166 g/mol. The Morgan fingerprint density at radius 2 is 2.08 bits per heavy atom. The number of benzene rings is 1. The van der Waals surface area contributed by atoms with E-state index in [1.165, 1.54) is 0 Å². The molecule has 0 unspecified atom stereocenters. The molecule has 0 aliphatic carbocycles. The number of hydrogen-bond donors (Lipinski definition) is 1. The molecule has 1 N–H and O–H groups in total. The predicted octanol–water partition coefficient (Wildman–Crippen LogP) is 1.59. The first kappa shape index (κ1) is 9.48. The zero-order valence-electron chi connectivity index (χ0n) is 7.18. The van der Waals surface area contributed by atoms with Crippen LogP contribution in [-0.4, -0.2) is 16.2 Å². The minimum Gasteiger partial charge on any atom is -0.285 e. The van der Waals surface area contributed by atoms with Crippen molar-refractivity contribution in [3.8, 4) is 0 Å². The van der Waals surface area contributed by atoms with Crippen LogP contribution in [0.15, 0.2) is 43.0 Å². The molecule has 0 aliphatic heterocycles. The SMILES string of the molecule is C=CC(=O)N(O)Cc1ccccc1. The summed E-state index contributed by atoms with van der Waals surface area (Å²) >= 11 is 0. The number of amides is 1. The molecular formula is C10H11NO2. The minimum atomic E-state index is -0.496. The van der Waals surface area contributed by atoms with Crippen molar-refractivity contribution in [2.45, 2.75) is 6.54 Å². The first-order valence-corrected chi connectivity index (χ1v) is 3.91. The van der Waals surface area contributed by atoms with Gasteiger partial charge >= 0.3 is 0 Å².